The second-order valence-electron chi connectivity index (χ2n) is 5.11. The van der Waals surface area contributed by atoms with Gasteiger partial charge in [-0.3, -0.25) is 4.90 Å². The van der Waals surface area contributed by atoms with Crippen LogP contribution in [0.1, 0.15) is 25.0 Å². The molecule has 3 nitrogen and oxygen atoms in total. The van der Waals surface area contributed by atoms with E-state index in [-0.39, 0.29) is 6.61 Å². The number of ether oxygens (including phenoxy) is 1. The Morgan fingerprint density at radius 3 is 2.74 bits per heavy atom. The number of hydrogen-bond donors (Lipinski definition) is 1. The minimum absolute atomic E-state index is 0.0945. The fraction of sp³-hybridized carbons (Fsp3) is 0.500. The fourth-order valence-corrected chi connectivity index (χ4v) is 2.56. The number of nitrogens with zero attached hydrogens (tertiary/aromatic N) is 1. The summed E-state index contributed by atoms with van der Waals surface area (Å²) in [6.45, 7) is 7.00. The van der Waals surface area contributed by atoms with Gasteiger partial charge in [-0.2, -0.15) is 0 Å². The fourth-order valence-electron chi connectivity index (χ4n) is 2.56. The van der Waals surface area contributed by atoms with Crippen molar-refractivity contribution in [2.75, 3.05) is 19.7 Å². The van der Waals surface area contributed by atoms with E-state index in [9.17, 15) is 0 Å². The number of benzene rings is 1. The first-order chi connectivity index (χ1) is 9.17. The molecule has 1 aliphatic heterocycles. The molecule has 0 bridgehead atoms. The van der Waals surface area contributed by atoms with Crippen molar-refractivity contribution in [2.24, 2.45) is 0 Å². The van der Waals surface area contributed by atoms with Gasteiger partial charge in [0.25, 0.3) is 0 Å². The maximum absolute atomic E-state index is 8.72. The quantitative estimate of drug-likeness (QED) is 0.820. The lowest BCUT2D eigenvalue weighted by atomic mass is 10.1. The van der Waals surface area contributed by atoms with E-state index in [2.05, 4.69) is 42.7 Å². The molecular weight excluding hydrogens is 238 g/mol. The molecule has 1 aromatic rings. The molecule has 1 saturated heterocycles. The Labute approximate surface area is 115 Å². The van der Waals surface area contributed by atoms with Gasteiger partial charge in [-0.25, -0.2) is 0 Å². The monoisotopic (exact) mass is 259 g/mol. The molecule has 1 aromatic carbocycles. The summed E-state index contributed by atoms with van der Waals surface area (Å²) in [5.74, 6) is 5.63. The van der Waals surface area contributed by atoms with Crippen LogP contribution in [0.2, 0.25) is 0 Å². The first kappa shape index (κ1) is 14.1. The summed E-state index contributed by atoms with van der Waals surface area (Å²) in [4.78, 5) is 2.41. The van der Waals surface area contributed by atoms with Crippen molar-refractivity contribution in [3.8, 4) is 11.8 Å². The highest BCUT2D eigenvalue weighted by Gasteiger charge is 2.21. The van der Waals surface area contributed by atoms with Crippen molar-refractivity contribution in [2.45, 2.75) is 32.6 Å². The van der Waals surface area contributed by atoms with E-state index in [1.807, 2.05) is 12.1 Å². The number of hydrogen-bond acceptors (Lipinski definition) is 3. The van der Waals surface area contributed by atoms with Crippen molar-refractivity contribution in [3.63, 3.8) is 0 Å². The summed E-state index contributed by atoms with van der Waals surface area (Å²) in [6.07, 6.45) is 0.585. The van der Waals surface area contributed by atoms with Gasteiger partial charge in [-0.1, -0.05) is 24.0 Å². The van der Waals surface area contributed by atoms with Gasteiger partial charge in [0.2, 0.25) is 0 Å². The second-order valence-corrected chi connectivity index (χ2v) is 5.11. The van der Waals surface area contributed by atoms with Crippen LogP contribution in [0.5, 0.6) is 0 Å². The normalized spacial score (nSPS) is 23.7. The van der Waals surface area contributed by atoms with Gasteiger partial charge in [0, 0.05) is 25.2 Å². The van der Waals surface area contributed by atoms with E-state index in [0.717, 1.165) is 25.2 Å². The van der Waals surface area contributed by atoms with Crippen LogP contribution in [0.15, 0.2) is 24.3 Å². The summed E-state index contributed by atoms with van der Waals surface area (Å²) in [7, 11) is 0. The maximum Gasteiger partial charge on any atom is 0.104 e. The predicted molar refractivity (Wildman–Crippen MR) is 75.7 cm³/mol. The Morgan fingerprint density at radius 2 is 2.05 bits per heavy atom. The Morgan fingerprint density at radius 1 is 1.32 bits per heavy atom. The summed E-state index contributed by atoms with van der Waals surface area (Å²) in [6, 6.07) is 8.20. The third-order valence-corrected chi connectivity index (χ3v) is 3.14. The van der Waals surface area contributed by atoms with E-state index < -0.39 is 0 Å². The highest BCUT2D eigenvalue weighted by molar-refractivity contribution is 5.37. The number of aliphatic hydroxyl groups excluding tert-OH is 1. The molecule has 2 atom stereocenters. The van der Waals surface area contributed by atoms with E-state index in [1.54, 1.807) is 0 Å². The smallest absolute Gasteiger partial charge is 0.104 e. The molecule has 102 valence electrons. The molecular formula is C16H21NO2. The van der Waals surface area contributed by atoms with Crippen molar-refractivity contribution in [1.82, 2.24) is 4.90 Å². The van der Waals surface area contributed by atoms with Crippen LogP contribution in [0.3, 0.4) is 0 Å². The summed E-state index contributed by atoms with van der Waals surface area (Å²) >= 11 is 0. The molecule has 0 amide bonds. The molecule has 1 fully saturated rings. The van der Waals surface area contributed by atoms with Gasteiger partial charge in [0.05, 0.1) is 12.2 Å². The third kappa shape index (κ3) is 4.36. The first-order valence-corrected chi connectivity index (χ1v) is 6.74. The lowest BCUT2D eigenvalue weighted by Gasteiger charge is -2.35. The average molecular weight is 259 g/mol. The van der Waals surface area contributed by atoms with E-state index in [1.165, 1.54) is 5.56 Å². The third-order valence-electron chi connectivity index (χ3n) is 3.14. The van der Waals surface area contributed by atoms with Crippen LogP contribution in [0, 0.1) is 11.8 Å². The Kier molecular flexibility index (Phi) is 4.98. The highest BCUT2D eigenvalue weighted by atomic mass is 16.5. The Balaban J connectivity index is 2.02. The number of rotatable bonds is 2. The second kappa shape index (κ2) is 6.72. The van der Waals surface area contributed by atoms with Gasteiger partial charge < -0.3 is 9.84 Å². The van der Waals surface area contributed by atoms with Crippen molar-refractivity contribution in [1.29, 1.82) is 0 Å². The topological polar surface area (TPSA) is 32.7 Å². The molecule has 0 aromatic heterocycles. The van der Waals surface area contributed by atoms with Gasteiger partial charge in [-0.05, 0) is 31.5 Å². The molecule has 1 N–H and O–H groups in total. The highest BCUT2D eigenvalue weighted by Crippen LogP contribution is 2.14. The molecule has 1 heterocycles. The SMILES string of the molecule is C[C@@H]1CN(Cc2cccc(C#CCO)c2)C[C@H](C)O1. The summed E-state index contributed by atoms with van der Waals surface area (Å²) in [5, 5.41) is 8.72. The van der Waals surface area contributed by atoms with E-state index in [0.29, 0.717) is 12.2 Å². The van der Waals surface area contributed by atoms with E-state index >= 15 is 0 Å². The van der Waals surface area contributed by atoms with Gasteiger partial charge in [0.15, 0.2) is 0 Å². The van der Waals surface area contributed by atoms with Crippen molar-refractivity contribution < 1.29 is 9.84 Å². The Hall–Kier alpha value is -1.34. The molecule has 0 unspecified atom stereocenters. The van der Waals surface area contributed by atoms with Crippen molar-refractivity contribution >= 4 is 0 Å². The standard InChI is InChI=1S/C16H21NO2/c1-13-10-17(11-14(2)19-13)12-16-6-3-5-15(9-16)7-4-8-18/h3,5-6,9,13-14,18H,8,10-12H2,1-2H3/t13-,14+. The van der Waals surface area contributed by atoms with Crippen molar-refractivity contribution in [3.05, 3.63) is 35.4 Å². The van der Waals surface area contributed by atoms with Gasteiger partial charge >= 0.3 is 0 Å². The van der Waals surface area contributed by atoms with Gasteiger partial charge in [0.1, 0.15) is 6.61 Å². The molecule has 0 aliphatic carbocycles. The molecule has 19 heavy (non-hydrogen) atoms. The molecule has 0 radical (unpaired) electrons. The molecule has 1 aliphatic rings. The first-order valence-electron chi connectivity index (χ1n) is 6.74. The van der Waals surface area contributed by atoms with Gasteiger partial charge in [-0.15, -0.1) is 0 Å². The molecule has 3 heteroatoms. The number of morpholine rings is 1. The van der Waals surface area contributed by atoms with Crippen LogP contribution < -0.4 is 0 Å². The zero-order chi connectivity index (χ0) is 13.7. The minimum atomic E-state index is -0.0945. The summed E-state index contributed by atoms with van der Waals surface area (Å²) < 4.78 is 5.74. The molecule has 0 spiro atoms. The molecule has 2 rings (SSSR count). The minimum Gasteiger partial charge on any atom is -0.384 e. The Bertz CT molecular complexity index is 465. The van der Waals surface area contributed by atoms with Crippen LogP contribution in [0.25, 0.3) is 0 Å². The lowest BCUT2D eigenvalue weighted by Crippen LogP contribution is -2.44. The zero-order valence-corrected chi connectivity index (χ0v) is 11.6. The van der Waals surface area contributed by atoms with Crippen LogP contribution >= 0.6 is 0 Å². The molecule has 0 saturated carbocycles. The largest absolute Gasteiger partial charge is 0.384 e. The zero-order valence-electron chi connectivity index (χ0n) is 11.6. The maximum atomic E-state index is 8.72. The van der Waals surface area contributed by atoms with Crippen LogP contribution in [-0.2, 0) is 11.3 Å². The van der Waals surface area contributed by atoms with E-state index in [4.69, 9.17) is 9.84 Å². The predicted octanol–water partition coefficient (Wildman–Crippen LogP) is 1.64. The lowest BCUT2D eigenvalue weighted by molar-refractivity contribution is -0.0704. The van der Waals surface area contributed by atoms with Crippen LogP contribution in [-0.4, -0.2) is 41.9 Å². The summed E-state index contributed by atoms with van der Waals surface area (Å²) in [5.41, 5.74) is 2.21. The number of aliphatic hydroxyl groups is 1. The van der Waals surface area contributed by atoms with Crippen LogP contribution in [0.4, 0.5) is 0 Å². The average Bonchev–Trinajstić information content (AvgIpc) is 2.35.